The first-order chi connectivity index (χ1) is 12.8. The SMILES string of the molecule is CC(C)(C)OC(=O)N[C@@]1(OO)C(=O)N(Cc2ccccc2)c2ccccc21. The third-order valence-corrected chi connectivity index (χ3v) is 4.12. The van der Waals surface area contributed by atoms with Crippen LogP contribution in [0.15, 0.2) is 54.6 Å². The van der Waals surface area contributed by atoms with Crippen molar-refractivity contribution in [2.24, 2.45) is 0 Å². The van der Waals surface area contributed by atoms with E-state index in [1.54, 1.807) is 45.0 Å². The van der Waals surface area contributed by atoms with Crippen LogP contribution < -0.4 is 10.2 Å². The number of carbonyl (C=O) groups is 2. The molecular weight excluding hydrogens is 348 g/mol. The quantitative estimate of drug-likeness (QED) is 0.489. The highest BCUT2D eigenvalue weighted by Crippen LogP contribution is 2.41. The van der Waals surface area contributed by atoms with Crippen molar-refractivity contribution in [3.63, 3.8) is 0 Å². The second-order valence-electron chi connectivity index (χ2n) is 7.29. The molecule has 0 bridgehead atoms. The normalized spacial score (nSPS) is 19.0. The van der Waals surface area contributed by atoms with Gasteiger partial charge in [-0.05, 0) is 32.4 Å². The molecule has 0 spiro atoms. The first kappa shape index (κ1) is 18.9. The Morgan fingerprint density at radius 1 is 1.11 bits per heavy atom. The van der Waals surface area contributed by atoms with Gasteiger partial charge in [-0.25, -0.2) is 10.1 Å². The summed E-state index contributed by atoms with van der Waals surface area (Å²) >= 11 is 0. The molecule has 0 unspecified atom stereocenters. The van der Waals surface area contributed by atoms with Gasteiger partial charge in [0.05, 0.1) is 12.2 Å². The number of fused-ring (bicyclic) bond motifs is 1. The molecule has 2 aromatic rings. The Balaban J connectivity index is 1.97. The minimum Gasteiger partial charge on any atom is -0.444 e. The van der Waals surface area contributed by atoms with Crippen LogP contribution in [-0.4, -0.2) is 22.9 Å². The maximum Gasteiger partial charge on any atom is 0.410 e. The second-order valence-corrected chi connectivity index (χ2v) is 7.29. The zero-order valence-electron chi connectivity index (χ0n) is 15.4. The Kier molecular flexibility index (Phi) is 4.91. The summed E-state index contributed by atoms with van der Waals surface area (Å²) in [6.45, 7) is 5.36. The van der Waals surface area contributed by atoms with Crippen LogP contribution in [-0.2, 0) is 26.7 Å². The number of amides is 2. The number of carbonyl (C=O) groups excluding carboxylic acids is 2. The molecule has 27 heavy (non-hydrogen) atoms. The van der Waals surface area contributed by atoms with Crippen LogP contribution in [0, 0.1) is 0 Å². The highest BCUT2D eigenvalue weighted by Gasteiger charge is 2.55. The number of hydrogen-bond acceptors (Lipinski definition) is 5. The second kappa shape index (κ2) is 7.02. The van der Waals surface area contributed by atoms with E-state index in [0.29, 0.717) is 11.3 Å². The van der Waals surface area contributed by atoms with Crippen LogP contribution in [0.2, 0.25) is 0 Å². The highest BCUT2D eigenvalue weighted by atomic mass is 17.1. The molecule has 2 N–H and O–H groups in total. The van der Waals surface area contributed by atoms with Gasteiger partial charge >= 0.3 is 6.09 Å². The molecule has 0 aliphatic carbocycles. The van der Waals surface area contributed by atoms with Gasteiger partial charge in [-0.1, -0.05) is 48.5 Å². The van der Waals surface area contributed by atoms with Crippen molar-refractivity contribution in [2.45, 2.75) is 38.6 Å². The number of hydrogen-bond donors (Lipinski definition) is 2. The third kappa shape index (κ3) is 3.65. The molecule has 2 amide bonds. The summed E-state index contributed by atoms with van der Waals surface area (Å²) in [6.07, 6.45) is -0.874. The van der Waals surface area contributed by atoms with E-state index in [1.807, 2.05) is 30.3 Å². The fraction of sp³-hybridized carbons (Fsp3) is 0.300. The van der Waals surface area contributed by atoms with Crippen molar-refractivity contribution in [1.82, 2.24) is 5.32 Å². The maximum absolute atomic E-state index is 13.2. The number of rotatable bonds is 4. The summed E-state index contributed by atoms with van der Waals surface area (Å²) in [7, 11) is 0. The van der Waals surface area contributed by atoms with Gasteiger partial charge in [0, 0.05) is 5.56 Å². The summed E-state index contributed by atoms with van der Waals surface area (Å²) in [5.74, 6) is -0.610. The Labute approximate surface area is 157 Å². The highest BCUT2D eigenvalue weighted by molar-refractivity contribution is 6.07. The Hall–Kier alpha value is -2.90. The predicted molar refractivity (Wildman–Crippen MR) is 98.8 cm³/mol. The molecule has 7 heteroatoms. The third-order valence-electron chi connectivity index (χ3n) is 4.12. The molecule has 1 atom stereocenters. The minimum atomic E-state index is -2.06. The lowest BCUT2D eigenvalue weighted by molar-refractivity contribution is -0.321. The largest absolute Gasteiger partial charge is 0.444 e. The summed E-state index contributed by atoms with van der Waals surface area (Å²) < 4.78 is 5.23. The molecular formula is C20H22N2O5. The molecule has 1 aliphatic rings. The lowest BCUT2D eigenvalue weighted by Gasteiger charge is -2.28. The number of anilines is 1. The number of nitrogens with one attached hydrogen (secondary N) is 1. The van der Waals surface area contributed by atoms with Gasteiger partial charge < -0.3 is 9.64 Å². The monoisotopic (exact) mass is 370 g/mol. The fourth-order valence-corrected chi connectivity index (χ4v) is 3.02. The number of para-hydroxylation sites is 1. The molecule has 1 heterocycles. The van der Waals surface area contributed by atoms with Gasteiger partial charge in [-0.2, -0.15) is 4.89 Å². The zero-order valence-corrected chi connectivity index (χ0v) is 15.4. The number of alkyl carbamates (subject to hydrolysis) is 1. The zero-order chi connectivity index (χ0) is 19.7. The topological polar surface area (TPSA) is 88.1 Å². The molecule has 7 nitrogen and oxygen atoms in total. The molecule has 2 aromatic carbocycles. The van der Waals surface area contributed by atoms with Crippen molar-refractivity contribution >= 4 is 17.7 Å². The van der Waals surface area contributed by atoms with Gasteiger partial charge in [-0.3, -0.25) is 10.1 Å². The smallest absolute Gasteiger partial charge is 0.410 e. The summed E-state index contributed by atoms with van der Waals surface area (Å²) in [4.78, 5) is 31.5. The van der Waals surface area contributed by atoms with Crippen LogP contribution in [0.3, 0.4) is 0 Å². The minimum absolute atomic E-state index is 0.262. The van der Waals surface area contributed by atoms with Gasteiger partial charge in [0.1, 0.15) is 5.60 Å². The molecule has 1 aliphatic heterocycles. The van der Waals surface area contributed by atoms with Gasteiger partial charge in [0.15, 0.2) is 0 Å². The number of benzene rings is 2. The van der Waals surface area contributed by atoms with E-state index in [4.69, 9.17) is 4.74 Å². The van der Waals surface area contributed by atoms with E-state index in [9.17, 15) is 14.8 Å². The van der Waals surface area contributed by atoms with Gasteiger partial charge in [-0.15, -0.1) is 0 Å². The van der Waals surface area contributed by atoms with Crippen molar-refractivity contribution in [2.75, 3.05) is 4.90 Å². The van der Waals surface area contributed by atoms with E-state index in [2.05, 4.69) is 10.2 Å². The molecule has 0 saturated carbocycles. The summed E-state index contributed by atoms with van der Waals surface area (Å²) in [5.41, 5.74) is -1.07. The maximum atomic E-state index is 13.2. The van der Waals surface area contributed by atoms with Crippen LogP contribution in [0.5, 0.6) is 0 Å². The van der Waals surface area contributed by atoms with E-state index in [1.165, 1.54) is 4.90 Å². The van der Waals surface area contributed by atoms with Crippen molar-refractivity contribution in [3.05, 3.63) is 65.7 Å². The van der Waals surface area contributed by atoms with Crippen LogP contribution in [0.1, 0.15) is 31.9 Å². The first-order valence-corrected chi connectivity index (χ1v) is 8.56. The summed E-state index contributed by atoms with van der Waals surface area (Å²) in [6, 6.07) is 16.2. The molecule has 142 valence electrons. The number of nitrogens with zero attached hydrogens (tertiary/aromatic N) is 1. The van der Waals surface area contributed by atoms with Crippen LogP contribution >= 0.6 is 0 Å². The molecule has 0 fully saturated rings. The van der Waals surface area contributed by atoms with Gasteiger partial charge in [0.2, 0.25) is 0 Å². The van der Waals surface area contributed by atoms with Crippen molar-refractivity contribution in [3.8, 4) is 0 Å². The average molecular weight is 370 g/mol. The molecule has 0 aromatic heterocycles. The average Bonchev–Trinajstić information content (AvgIpc) is 2.84. The predicted octanol–water partition coefficient (Wildman–Crippen LogP) is 3.40. The van der Waals surface area contributed by atoms with E-state index < -0.39 is 23.3 Å². The van der Waals surface area contributed by atoms with Crippen molar-refractivity contribution < 1.29 is 24.5 Å². The lowest BCUT2D eigenvalue weighted by atomic mass is 10.0. The molecule has 0 radical (unpaired) electrons. The van der Waals surface area contributed by atoms with E-state index in [0.717, 1.165) is 5.56 Å². The molecule has 3 rings (SSSR count). The Morgan fingerprint density at radius 2 is 1.74 bits per heavy atom. The fourth-order valence-electron chi connectivity index (χ4n) is 3.02. The van der Waals surface area contributed by atoms with Crippen LogP contribution in [0.25, 0.3) is 0 Å². The van der Waals surface area contributed by atoms with E-state index in [-0.39, 0.29) is 6.54 Å². The van der Waals surface area contributed by atoms with E-state index >= 15 is 0 Å². The van der Waals surface area contributed by atoms with Crippen molar-refractivity contribution in [1.29, 1.82) is 0 Å². The first-order valence-electron chi connectivity index (χ1n) is 8.56. The molecule has 0 saturated heterocycles. The number of ether oxygens (including phenoxy) is 1. The van der Waals surface area contributed by atoms with Crippen LogP contribution in [0.4, 0.5) is 10.5 Å². The summed E-state index contributed by atoms with van der Waals surface area (Å²) in [5, 5.41) is 12.0. The lowest BCUT2D eigenvalue weighted by Crippen LogP contribution is -2.55. The Bertz CT molecular complexity index is 847. The van der Waals surface area contributed by atoms with Gasteiger partial charge in [0.25, 0.3) is 11.6 Å². The Morgan fingerprint density at radius 3 is 2.37 bits per heavy atom. The standard InChI is InChI=1S/C20H22N2O5/c1-19(2,3)26-18(24)21-20(27-25)15-11-7-8-12-16(15)22(17(20)23)13-14-9-5-4-6-10-14/h4-12,25H,13H2,1-3H3,(H,21,24)/t20-/m0/s1.